The van der Waals surface area contributed by atoms with E-state index in [0.717, 1.165) is 13.1 Å². The first-order chi connectivity index (χ1) is 20.7. The first-order valence-corrected chi connectivity index (χ1v) is 14.9. The first-order valence-electron chi connectivity index (χ1n) is 13.5. The van der Waals surface area contributed by atoms with E-state index in [1.54, 1.807) is 24.4 Å². The summed E-state index contributed by atoms with van der Waals surface area (Å²) in [6.07, 6.45) is 1.73. The highest BCUT2D eigenvalue weighted by Gasteiger charge is 2.21. The van der Waals surface area contributed by atoms with E-state index >= 15 is 4.39 Å². The number of fused-ring (bicyclic) bond motifs is 1. The summed E-state index contributed by atoms with van der Waals surface area (Å²) in [4.78, 5) is 22.4. The lowest BCUT2D eigenvalue weighted by molar-refractivity contribution is 0.312. The molecule has 1 saturated heterocycles. The second-order valence-corrected chi connectivity index (χ2v) is 11.3. The zero-order chi connectivity index (χ0) is 30.7. The molecule has 2 aromatic carbocycles. The van der Waals surface area contributed by atoms with Gasteiger partial charge in [0.05, 0.1) is 29.6 Å². The first kappa shape index (κ1) is 30.3. The molecular weight excluding hydrogens is 594 g/mol. The third-order valence-electron chi connectivity index (χ3n) is 7.21. The van der Waals surface area contributed by atoms with Crippen LogP contribution in [0.3, 0.4) is 0 Å². The molecule has 0 spiro atoms. The highest BCUT2D eigenvalue weighted by molar-refractivity contribution is 7.99. The molecule has 0 bridgehead atoms. The molecule has 2 aromatic heterocycles. The summed E-state index contributed by atoms with van der Waals surface area (Å²) < 4.78 is 22.5. The average molecular weight is 626 g/mol. The Morgan fingerprint density at radius 2 is 2.05 bits per heavy atom. The number of hydrazone groups is 1. The molecule has 0 aliphatic carbocycles. The highest BCUT2D eigenvalue weighted by atomic mass is 32.2. The van der Waals surface area contributed by atoms with Crippen LogP contribution in [0.5, 0.6) is 11.5 Å². The molecule has 0 unspecified atom stereocenters. The molecule has 1 aliphatic heterocycles. The summed E-state index contributed by atoms with van der Waals surface area (Å²) in [6, 6.07) is 7.91. The number of aromatic nitrogens is 4. The molecule has 1 fully saturated rings. The summed E-state index contributed by atoms with van der Waals surface area (Å²) in [7, 11) is 3.50. The molecule has 15 heteroatoms. The second-order valence-electron chi connectivity index (χ2n) is 9.95. The number of likely N-dealkylation sites (N-methyl/N-ethyl adjacent to an activating group) is 1. The van der Waals surface area contributed by atoms with E-state index < -0.39 is 5.82 Å². The molecule has 0 radical (unpaired) electrons. The second kappa shape index (κ2) is 13.0. The van der Waals surface area contributed by atoms with Crippen molar-refractivity contribution >= 4 is 51.4 Å². The minimum atomic E-state index is -0.425. The Hall–Kier alpha value is -4.21. The number of thiocarbonyl (C=S) groups is 1. The number of ether oxygens (including phenoxy) is 1. The van der Waals surface area contributed by atoms with Crippen molar-refractivity contribution in [2.45, 2.75) is 18.6 Å². The smallest absolute Gasteiger partial charge is 0.209 e. The molecule has 43 heavy (non-hydrogen) atoms. The van der Waals surface area contributed by atoms with Gasteiger partial charge in [-0.05, 0) is 56.5 Å². The van der Waals surface area contributed by atoms with Crippen molar-refractivity contribution in [2.75, 3.05) is 51.0 Å². The molecule has 226 valence electrons. The molecule has 1 aliphatic rings. The zero-order valence-corrected chi connectivity index (χ0v) is 25.6. The number of phenols is 1. The number of hydrogen-bond acceptors (Lipinski definition) is 10. The van der Waals surface area contributed by atoms with Crippen LogP contribution in [-0.4, -0.2) is 86.7 Å². The van der Waals surface area contributed by atoms with Crippen LogP contribution < -0.4 is 26.2 Å². The van der Waals surface area contributed by atoms with E-state index in [1.165, 1.54) is 31.0 Å². The number of anilines is 1. The average Bonchev–Trinajstić information content (AvgIpc) is 3.47. The highest BCUT2D eigenvalue weighted by Crippen LogP contribution is 2.29. The van der Waals surface area contributed by atoms with Gasteiger partial charge < -0.3 is 29.9 Å². The zero-order valence-electron chi connectivity index (χ0n) is 23.9. The summed E-state index contributed by atoms with van der Waals surface area (Å²) in [5.41, 5.74) is 10.4. The van der Waals surface area contributed by atoms with Gasteiger partial charge in [-0.1, -0.05) is 11.8 Å². The van der Waals surface area contributed by atoms with Crippen LogP contribution in [0.1, 0.15) is 12.5 Å². The number of hydrogen-bond donors (Lipinski definition) is 4. The maximum absolute atomic E-state index is 15.4. The molecule has 0 saturated carbocycles. The van der Waals surface area contributed by atoms with E-state index in [4.69, 9.17) is 22.7 Å². The van der Waals surface area contributed by atoms with Gasteiger partial charge in [0.2, 0.25) is 5.16 Å². The molecule has 3 heterocycles. The van der Waals surface area contributed by atoms with Crippen LogP contribution in [0, 0.1) is 5.82 Å². The number of methoxy groups -OCH3 is 1. The number of H-pyrrole nitrogens is 1. The number of rotatable bonds is 9. The molecule has 0 amide bonds. The van der Waals surface area contributed by atoms with Crippen molar-refractivity contribution in [3.8, 4) is 22.9 Å². The Kier molecular flexibility index (Phi) is 9.13. The largest absolute Gasteiger partial charge is 0.504 e. The lowest BCUT2D eigenvalue weighted by Crippen LogP contribution is -2.44. The van der Waals surface area contributed by atoms with Crippen LogP contribution >= 0.6 is 24.0 Å². The molecule has 5 rings (SSSR count). The Morgan fingerprint density at radius 3 is 2.74 bits per heavy atom. The van der Waals surface area contributed by atoms with Gasteiger partial charge in [0, 0.05) is 55.6 Å². The number of phenolic OH excluding ortho intramolecular Hbond substituents is 1. The van der Waals surface area contributed by atoms with E-state index in [0.29, 0.717) is 47.3 Å². The Balaban J connectivity index is 1.43. The summed E-state index contributed by atoms with van der Waals surface area (Å²) in [5.74, 6) is 0.402. The SMILES string of the molecule is CCn1cc(-c2nc(SC/C(=N/NC(N)=S)c3ccc(O)c(OC)c3)n[nH]2)c(=O)c2cc(F)c(N3CCN(C)CC3)cc21. The monoisotopic (exact) mass is 625 g/mol. The lowest BCUT2D eigenvalue weighted by Gasteiger charge is -2.34. The van der Waals surface area contributed by atoms with Crippen molar-refractivity contribution in [1.29, 1.82) is 0 Å². The van der Waals surface area contributed by atoms with Crippen molar-refractivity contribution < 1.29 is 14.2 Å². The number of aromatic hydroxyl groups is 1. The Morgan fingerprint density at radius 1 is 1.28 bits per heavy atom. The van der Waals surface area contributed by atoms with E-state index in [1.807, 2.05) is 23.4 Å². The molecule has 12 nitrogen and oxygen atoms in total. The van der Waals surface area contributed by atoms with Crippen LogP contribution in [0.15, 0.2) is 51.6 Å². The third kappa shape index (κ3) is 6.58. The van der Waals surface area contributed by atoms with E-state index in [9.17, 15) is 9.90 Å². The lowest BCUT2D eigenvalue weighted by atomic mass is 10.1. The number of aromatic amines is 1. The fourth-order valence-electron chi connectivity index (χ4n) is 4.84. The number of nitrogens with one attached hydrogen (secondary N) is 2. The number of thioether (sulfide) groups is 1. The number of piperazine rings is 1. The van der Waals surface area contributed by atoms with Gasteiger partial charge in [0.15, 0.2) is 27.9 Å². The van der Waals surface area contributed by atoms with Crippen molar-refractivity contribution in [3.05, 3.63) is 58.1 Å². The minimum Gasteiger partial charge on any atom is -0.504 e. The molecular formula is C28H32FN9O3S2. The molecule has 5 N–H and O–H groups in total. The van der Waals surface area contributed by atoms with Gasteiger partial charge in [0.1, 0.15) is 5.82 Å². The van der Waals surface area contributed by atoms with Gasteiger partial charge >= 0.3 is 0 Å². The minimum absolute atomic E-state index is 0.0102. The summed E-state index contributed by atoms with van der Waals surface area (Å²) >= 11 is 6.14. The quantitative estimate of drug-likeness (QED) is 0.0941. The maximum Gasteiger partial charge on any atom is 0.209 e. The number of nitrogens with two attached hydrogens (primary N) is 1. The van der Waals surface area contributed by atoms with Crippen molar-refractivity contribution in [1.82, 2.24) is 30.1 Å². The van der Waals surface area contributed by atoms with E-state index in [2.05, 4.69) is 30.6 Å². The number of nitrogens with zero attached hydrogens (tertiary/aromatic N) is 6. The maximum atomic E-state index is 15.4. The predicted octanol–water partition coefficient (Wildman–Crippen LogP) is 2.74. The number of halogens is 1. The van der Waals surface area contributed by atoms with Crippen LogP contribution in [0.25, 0.3) is 22.3 Å². The summed E-state index contributed by atoms with van der Waals surface area (Å²) in [6.45, 7) is 5.65. The van der Waals surface area contributed by atoms with Gasteiger partial charge in [-0.15, -0.1) is 5.10 Å². The number of benzene rings is 2. The third-order valence-corrected chi connectivity index (χ3v) is 8.16. The molecule has 4 aromatic rings. The van der Waals surface area contributed by atoms with Crippen molar-refractivity contribution in [2.24, 2.45) is 10.8 Å². The van der Waals surface area contributed by atoms with Crippen LogP contribution in [0.2, 0.25) is 0 Å². The normalized spacial score (nSPS) is 14.3. The fraction of sp³-hybridized carbons (Fsp3) is 0.321. The number of pyridine rings is 1. The van der Waals surface area contributed by atoms with Gasteiger partial charge in [-0.2, -0.15) is 5.10 Å². The van der Waals surface area contributed by atoms with Crippen LogP contribution in [0.4, 0.5) is 10.1 Å². The van der Waals surface area contributed by atoms with Gasteiger partial charge in [0.25, 0.3) is 0 Å². The fourth-order valence-corrected chi connectivity index (χ4v) is 5.65. The topological polar surface area (TPSA) is 150 Å². The van der Waals surface area contributed by atoms with E-state index in [-0.39, 0.29) is 44.6 Å². The standard InChI is InChI=1S/C28H32FN9O3S2/c1-4-37-14-18(25(40)17-12-19(29)22(13-21(17)37)38-9-7-36(2)8-10-38)26-31-28(35-33-26)43-15-20(32-34-27(30)42)16-5-6-23(39)24(11-16)41-3/h5-6,11-14,39H,4,7-10,15H2,1-3H3,(H3,30,34,42)(H,31,33,35)/b32-20-. The van der Waals surface area contributed by atoms with Gasteiger partial charge in [-0.3, -0.25) is 15.3 Å². The summed E-state index contributed by atoms with van der Waals surface area (Å²) in [5, 5.41) is 22.0. The number of aryl methyl sites for hydroxylation is 1. The Bertz CT molecular complexity index is 1750. The van der Waals surface area contributed by atoms with Crippen molar-refractivity contribution in [3.63, 3.8) is 0 Å². The molecule has 0 atom stereocenters. The Labute approximate surface area is 256 Å². The van der Waals surface area contributed by atoms with Gasteiger partial charge in [-0.25, -0.2) is 9.37 Å². The predicted molar refractivity (Wildman–Crippen MR) is 171 cm³/mol. The van der Waals surface area contributed by atoms with Crippen LogP contribution in [-0.2, 0) is 6.54 Å².